The van der Waals surface area contributed by atoms with Crippen LogP contribution in [0.3, 0.4) is 0 Å². The molecule has 9 aliphatic rings. The molecule has 0 aromatic heterocycles. The van der Waals surface area contributed by atoms with E-state index in [0.29, 0.717) is 89.1 Å². The molecule has 3 spiro atoms. The van der Waals surface area contributed by atoms with Crippen LogP contribution in [0.25, 0.3) is 0 Å². The van der Waals surface area contributed by atoms with Gasteiger partial charge in [0.2, 0.25) is 0 Å². The van der Waals surface area contributed by atoms with E-state index in [-0.39, 0.29) is 91.7 Å². The third-order valence-electron chi connectivity index (χ3n) is 26.6. The average Bonchev–Trinajstić information content (AvgIpc) is 1.73. The number of rotatable bonds is 11. The first kappa shape index (κ1) is 77.0. The summed E-state index contributed by atoms with van der Waals surface area (Å²) < 4.78 is 40.6. The van der Waals surface area contributed by atoms with E-state index in [1.807, 2.05) is 0 Å². The summed E-state index contributed by atoms with van der Waals surface area (Å²) in [6, 6.07) is 0.947. The van der Waals surface area contributed by atoms with Gasteiger partial charge in [0.15, 0.2) is 0 Å². The van der Waals surface area contributed by atoms with Crippen LogP contribution >= 0.6 is 0 Å². The summed E-state index contributed by atoms with van der Waals surface area (Å²) in [7, 11) is 0. The van der Waals surface area contributed by atoms with E-state index >= 15 is 0 Å². The molecular weight excluding hydrogens is 1060 g/mol. The maximum absolute atomic E-state index is 6.53. The smallest absolute Gasteiger partial charge is 0.130 e. The molecule has 7 aliphatic heterocycles. The predicted octanol–water partition coefficient (Wildman–Crippen LogP) is 14.3. The fourth-order valence-corrected chi connectivity index (χ4v) is 19.3. The van der Waals surface area contributed by atoms with Crippen molar-refractivity contribution < 1.29 is 33.2 Å². The van der Waals surface area contributed by atoms with Crippen LogP contribution in [0.1, 0.15) is 239 Å². The lowest BCUT2D eigenvalue weighted by Gasteiger charge is -2.47. The average molecular weight is 1200 g/mol. The van der Waals surface area contributed by atoms with Crippen molar-refractivity contribution in [3.63, 3.8) is 0 Å². The molecule has 0 radical (unpaired) electrons. The monoisotopic (exact) mass is 1200 g/mol. The Balaban J connectivity index is 0.000000219. The van der Waals surface area contributed by atoms with Gasteiger partial charge in [-0.05, 0) is 121 Å². The highest BCUT2D eigenvalue weighted by molar-refractivity contribution is 5.18. The fourth-order valence-electron chi connectivity index (χ4n) is 19.3. The second-order valence-corrected chi connectivity index (χ2v) is 34.7. The van der Waals surface area contributed by atoms with Crippen molar-refractivity contribution in [1.29, 1.82) is 0 Å². The number of ether oxygens (including phenoxy) is 7. The topological polar surface area (TPSA) is 195 Å². The van der Waals surface area contributed by atoms with E-state index in [9.17, 15) is 0 Å². The summed E-state index contributed by atoms with van der Waals surface area (Å²) >= 11 is 0. The van der Waals surface area contributed by atoms with Crippen LogP contribution in [-0.4, -0.2) is 119 Å². The Morgan fingerprint density at radius 3 is 0.871 bits per heavy atom. The third-order valence-corrected chi connectivity index (χ3v) is 26.6. The van der Waals surface area contributed by atoms with E-state index in [4.69, 9.17) is 61.8 Å². The molecule has 10 atom stereocenters. The molecule has 0 amide bonds. The number of hydrogen-bond acceptors (Lipinski definition) is 12. The zero-order chi connectivity index (χ0) is 65.4. The lowest BCUT2D eigenvalue weighted by atomic mass is 9.56. The van der Waals surface area contributed by atoms with Gasteiger partial charge >= 0.3 is 0 Å². The van der Waals surface area contributed by atoms with Crippen LogP contribution in [0.2, 0.25) is 0 Å². The first-order chi connectivity index (χ1) is 38.9. The zero-order valence-electron chi connectivity index (χ0n) is 61.2. The fraction of sp³-hybridized carbons (Fsp3) is 1.00. The van der Waals surface area contributed by atoms with Crippen molar-refractivity contribution in [2.75, 3.05) is 59.5 Å². The molecule has 2 saturated carbocycles. The quantitative estimate of drug-likeness (QED) is 0.132. The molecule has 9 fully saturated rings. The molecule has 7 heterocycles. The maximum atomic E-state index is 6.53. The maximum Gasteiger partial charge on any atom is 0.130 e. The number of nitrogens with two attached hydrogens (primary N) is 5. The highest BCUT2D eigenvalue weighted by atomic mass is 16.6. The van der Waals surface area contributed by atoms with Gasteiger partial charge in [-0.25, -0.2) is 0 Å². The number of hydrogen-bond donors (Lipinski definition) is 5. The summed E-state index contributed by atoms with van der Waals surface area (Å²) in [5, 5.41) is 0. The molecule has 9 rings (SSSR count). The largest absolute Gasteiger partial charge is 0.381 e. The first-order valence-corrected chi connectivity index (χ1v) is 35.0. The van der Waals surface area contributed by atoms with Gasteiger partial charge in [0.05, 0.1) is 76.3 Å². The minimum absolute atomic E-state index is 0.0501. The Morgan fingerprint density at radius 2 is 0.729 bits per heavy atom. The van der Waals surface area contributed by atoms with Crippen LogP contribution in [0, 0.1) is 108 Å². The summed E-state index contributed by atoms with van der Waals surface area (Å²) in [5.41, 5.74) is 33.8. The van der Waals surface area contributed by atoms with E-state index in [0.717, 1.165) is 52.7 Å². The zero-order valence-corrected chi connectivity index (χ0v) is 61.2. The summed E-state index contributed by atoms with van der Waals surface area (Å²) in [4.78, 5) is 0. The van der Waals surface area contributed by atoms with E-state index in [1.54, 1.807) is 0 Å². The van der Waals surface area contributed by atoms with Gasteiger partial charge in [-0.2, -0.15) is 0 Å². The first-order valence-electron chi connectivity index (χ1n) is 35.0. The Morgan fingerprint density at radius 1 is 0.376 bits per heavy atom. The van der Waals surface area contributed by atoms with Gasteiger partial charge in [-0.1, -0.05) is 194 Å². The molecule has 12 nitrogen and oxygen atoms in total. The van der Waals surface area contributed by atoms with Gasteiger partial charge in [0, 0.05) is 69.3 Å². The second kappa shape index (κ2) is 28.4. The van der Waals surface area contributed by atoms with Crippen molar-refractivity contribution in [3.8, 4) is 0 Å². The lowest BCUT2D eigenvalue weighted by molar-refractivity contribution is -0.190. The van der Waals surface area contributed by atoms with Crippen molar-refractivity contribution in [1.82, 2.24) is 0 Å². The predicted molar refractivity (Wildman–Crippen MR) is 357 cm³/mol. The van der Waals surface area contributed by atoms with Gasteiger partial charge < -0.3 is 61.8 Å². The second-order valence-electron chi connectivity index (χ2n) is 34.7. The van der Waals surface area contributed by atoms with Crippen molar-refractivity contribution in [2.24, 2.45) is 137 Å². The van der Waals surface area contributed by atoms with Crippen molar-refractivity contribution in [2.45, 2.75) is 299 Å². The van der Waals surface area contributed by atoms with E-state index < -0.39 is 0 Å². The molecule has 12 heteroatoms. The molecule has 504 valence electrons. The summed E-state index contributed by atoms with van der Waals surface area (Å²) in [5.74, 6) is 6.65. The van der Waals surface area contributed by atoms with Crippen LogP contribution in [-0.2, 0) is 33.2 Å². The molecule has 85 heavy (non-hydrogen) atoms. The molecule has 0 aromatic rings. The molecule has 10 N–H and O–H groups in total. The third kappa shape index (κ3) is 13.5. The van der Waals surface area contributed by atoms with Gasteiger partial charge in [0.25, 0.3) is 0 Å². The van der Waals surface area contributed by atoms with Gasteiger partial charge in [-0.15, -0.1) is 0 Å². The van der Waals surface area contributed by atoms with Crippen LogP contribution in [0.4, 0.5) is 0 Å². The molecular formula is C73H145N5O7. The molecule has 2 unspecified atom stereocenters. The summed E-state index contributed by atoms with van der Waals surface area (Å²) in [6.45, 7) is 73.4. The Hall–Kier alpha value is -0.480. The SMILES string of the molecule is CC(C)C1(C(C)(C)C)COC[C@H]1C.CC(C)C1(C(C)C)COC2(CC2)[C@H]1N.CC(C)C1(C(C)C)COC2(CCC2)[C@H]1N.CC(C)C1(C(C)C)COC2(COC2)[C@H]1N.CC(C)C1(C(C)C)CO[C@@H](C)[C@H]1N.CC[C@@H]1OCC(C(C)C)(C(C)(C)C)[C@@H]1N. The summed E-state index contributed by atoms with van der Waals surface area (Å²) in [6.07, 6.45) is 7.47. The minimum Gasteiger partial charge on any atom is -0.381 e. The van der Waals surface area contributed by atoms with Crippen molar-refractivity contribution >= 4 is 0 Å². The van der Waals surface area contributed by atoms with E-state index in [1.165, 1.54) is 32.1 Å². The lowest BCUT2D eigenvalue weighted by Crippen LogP contribution is -2.64. The Kier molecular flexibility index (Phi) is 25.7. The molecule has 0 bridgehead atoms. The van der Waals surface area contributed by atoms with E-state index in [2.05, 4.69) is 201 Å². The van der Waals surface area contributed by atoms with Gasteiger partial charge in [0.1, 0.15) is 5.60 Å². The normalized spacial score (nSPS) is 34.2. The highest BCUT2D eigenvalue weighted by Crippen LogP contribution is 2.60. The van der Waals surface area contributed by atoms with Crippen LogP contribution < -0.4 is 28.7 Å². The van der Waals surface area contributed by atoms with Crippen LogP contribution in [0.15, 0.2) is 0 Å². The highest BCUT2D eigenvalue weighted by Gasteiger charge is 2.66. The van der Waals surface area contributed by atoms with Gasteiger partial charge in [-0.3, -0.25) is 0 Å². The van der Waals surface area contributed by atoms with Crippen molar-refractivity contribution in [3.05, 3.63) is 0 Å². The molecule has 2 aliphatic carbocycles. The Bertz CT molecular complexity index is 1940. The minimum atomic E-state index is -0.172. The molecule has 0 aromatic carbocycles. The standard InChI is InChI=1S/C13H25NO.C13H27NO.C12H23NO2.C12H23NO.C12H24O.C11H23NO/c1-9(2)13(10(3)4)8-15-12(11(13)14)6-5-7-12;1-7-10-11(14)13(8-15-10,9(2)3)12(4,5)6;1-8(2)12(9(3)4)7-15-11(10(12)13)5-14-6-11;1-8(2)12(9(3)4)7-14-11(5-6-11)10(12)13;1-9(2)12(11(4,5)6)8-13-7-10(12)3;1-7(2)11(8(3)4)6-13-9(5)10(11)12/h9-11H,5-8,14H2,1-4H3;9-11H,7-8,14H2,1-6H3;8-10H,5-7,13H2,1-4H3;8-10H,5-7,13H2,1-4H3;9-10H,7-8H2,1-6H3;7-10H,6,12H2,1-5H3/t11-;10-,11+,13?;2*10-;10-,12?;9-,10+/m101110/s1. The molecule has 7 saturated heterocycles. The Labute approximate surface area is 525 Å². The van der Waals surface area contributed by atoms with Crippen LogP contribution in [0.5, 0.6) is 0 Å².